The molecule has 0 aromatic heterocycles. The molecule has 1 aromatic carbocycles. The van der Waals surface area contributed by atoms with E-state index in [2.05, 4.69) is 5.32 Å². The summed E-state index contributed by atoms with van der Waals surface area (Å²) in [6.07, 6.45) is 4.88. The molecule has 1 aromatic rings. The van der Waals surface area contributed by atoms with Crippen LogP contribution in [0.3, 0.4) is 0 Å². The van der Waals surface area contributed by atoms with Crippen LogP contribution in [0.2, 0.25) is 10.0 Å². The van der Waals surface area contributed by atoms with Gasteiger partial charge in [-0.05, 0) is 25.0 Å². The average molecular weight is 272 g/mol. The van der Waals surface area contributed by atoms with E-state index in [4.69, 9.17) is 27.9 Å². The van der Waals surface area contributed by atoms with Crippen molar-refractivity contribution in [1.29, 1.82) is 0 Å². The molecule has 4 heteroatoms. The molecular formula is C13H15Cl2NO. The first-order valence-electron chi connectivity index (χ1n) is 6.12. The Bertz CT molecular complexity index is 432. The second-order valence-electron chi connectivity index (χ2n) is 4.79. The summed E-state index contributed by atoms with van der Waals surface area (Å²) >= 11 is 12.2. The number of halogens is 2. The standard InChI is InChI=1S/C13H15Cl2NO/c14-8-6-10-12(16-9-2-1-3-9)4-5-17-13(10)11(15)7-8/h6-7,9,12,16H,1-5H2. The predicted octanol–water partition coefficient (Wildman–Crippen LogP) is 3.96. The van der Waals surface area contributed by atoms with Crippen LogP contribution >= 0.6 is 23.2 Å². The number of hydrogen-bond donors (Lipinski definition) is 1. The molecular weight excluding hydrogens is 257 g/mol. The van der Waals surface area contributed by atoms with E-state index in [-0.39, 0.29) is 0 Å². The highest BCUT2D eigenvalue weighted by Gasteiger charge is 2.28. The van der Waals surface area contributed by atoms with Crippen molar-refractivity contribution in [3.8, 4) is 5.75 Å². The van der Waals surface area contributed by atoms with E-state index < -0.39 is 0 Å². The fraction of sp³-hybridized carbons (Fsp3) is 0.538. The lowest BCUT2D eigenvalue weighted by Gasteiger charge is -2.34. The molecule has 2 aliphatic rings. The lowest BCUT2D eigenvalue weighted by atomic mass is 9.90. The Morgan fingerprint density at radius 2 is 2.00 bits per heavy atom. The van der Waals surface area contributed by atoms with E-state index in [1.165, 1.54) is 19.3 Å². The molecule has 0 amide bonds. The predicted molar refractivity (Wildman–Crippen MR) is 70.1 cm³/mol. The molecule has 1 atom stereocenters. The number of hydrogen-bond acceptors (Lipinski definition) is 2. The van der Waals surface area contributed by atoms with E-state index in [1.54, 1.807) is 6.07 Å². The minimum Gasteiger partial charge on any atom is -0.492 e. The van der Waals surface area contributed by atoms with Crippen LogP contribution in [-0.2, 0) is 0 Å². The van der Waals surface area contributed by atoms with Gasteiger partial charge >= 0.3 is 0 Å². The Labute approximate surface area is 111 Å². The Hall–Kier alpha value is -0.440. The van der Waals surface area contributed by atoms with Gasteiger partial charge in [-0.2, -0.15) is 0 Å². The third kappa shape index (κ3) is 2.26. The van der Waals surface area contributed by atoms with Gasteiger partial charge in [0.05, 0.1) is 11.6 Å². The van der Waals surface area contributed by atoms with Crippen LogP contribution in [0, 0.1) is 0 Å². The molecule has 92 valence electrons. The van der Waals surface area contributed by atoms with Gasteiger partial charge in [0.2, 0.25) is 0 Å². The summed E-state index contributed by atoms with van der Waals surface area (Å²) in [4.78, 5) is 0. The summed E-state index contributed by atoms with van der Waals surface area (Å²) in [5.74, 6) is 0.805. The summed E-state index contributed by atoms with van der Waals surface area (Å²) in [5, 5.41) is 4.97. The quantitative estimate of drug-likeness (QED) is 0.879. The van der Waals surface area contributed by atoms with Crippen LogP contribution < -0.4 is 10.1 Å². The smallest absolute Gasteiger partial charge is 0.142 e. The zero-order chi connectivity index (χ0) is 11.8. The van der Waals surface area contributed by atoms with Crippen molar-refractivity contribution in [2.45, 2.75) is 37.8 Å². The average Bonchev–Trinajstić information content (AvgIpc) is 2.23. The molecule has 3 rings (SSSR count). The van der Waals surface area contributed by atoms with Crippen LogP contribution in [0.5, 0.6) is 5.75 Å². The van der Waals surface area contributed by atoms with Gasteiger partial charge in [0, 0.05) is 29.1 Å². The highest BCUT2D eigenvalue weighted by atomic mass is 35.5. The Morgan fingerprint density at radius 3 is 2.71 bits per heavy atom. The van der Waals surface area contributed by atoms with Gasteiger partial charge in [-0.3, -0.25) is 0 Å². The monoisotopic (exact) mass is 271 g/mol. The summed E-state index contributed by atoms with van der Waals surface area (Å²) in [6, 6.07) is 4.70. The maximum atomic E-state index is 6.16. The van der Waals surface area contributed by atoms with Crippen molar-refractivity contribution in [2.75, 3.05) is 6.61 Å². The molecule has 0 spiro atoms. The molecule has 1 aliphatic carbocycles. The van der Waals surface area contributed by atoms with Crippen LogP contribution in [0.1, 0.15) is 37.3 Å². The summed E-state index contributed by atoms with van der Waals surface area (Å²) in [7, 11) is 0. The number of rotatable bonds is 2. The van der Waals surface area contributed by atoms with Gasteiger partial charge in [-0.15, -0.1) is 0 Å². The van der Waals surface area contributed by atoms with E-state index in [0.29, 0.717) is 22.1 Å². The minimum atomic E-state index is 0.334. The molecule has 17 heavy (non-hydrogen) atoms. The first-order chi connectivity index (χ1) is 8.24. The Kier molecular flexibility index (Phi) is 3.20. The van der Waals surface area contributed by atoms with Gasteiger partial charge < -0.3 is 10.1 Å². The fourth-order valence-corrected chi connectivity index (χ4v) is 3.02. The van der Waals surface area contributed by atoms with Crippen molar-refractivity contribution < 1.29 is 4.74 Å². The van der Waals surface area contributed by atoms with Gasteiger partial charge in [0.1, 0.15) is 5.75 Å². The lowest BCUT2D eigenvalue weighted by Crippen LogP contribution is -2.39. The zero-order valence-corrected chi connectivity index (χ0v) is 11.0. The molecule has 0 saturated heterocycles. The summed E-state index contributed by atoms with van der Waals surface area (Å²) in [5.41, 5.74) is 1.11. The van der Waals surface area contributed by atoms with E-state index in [9.17, 15) is 0 Å². The molecule has 0 radical (unpaired) electrons. The molecule has 1 N–H and O–H groups in total. The second kappa shape index (κ2) is 4.68. The summed E-state index contributed by atoms with van der Waals surface area (Å²) in [6.45, 7) is 0.721. The van der Waals surface area contributed by atoms with Crippen molar-refractivity contribution in [3.63, 3.8) is 0 Å². The first kappa shape index (κ1) is 11.6. The second-order valence-corrected chi connectivity index (χ2v) is 5.63. The molecule has 0 bridgehead atoms. The summed E-state index contributed by atoms with van der Waals surface area (Å²) < 4.78 is 5.64. The van der Waals surface area contributed by atoms with Crippen molar-refractivity contribution in [1.82, 2.24) is 5.32 Å². The van der Waals surface area contributed by atoms with Gasteiger partial charge in [0.15, 0.2) is 0 Å². The van der Waals surface area contributed by atoms with Crippen LogP contribution in [0.25, 0.3) is 0 Å². The maximum absolute atomic E-state index is 6.16. The number of ether oxygens (including phenoxy) is 1. The fourth-order valence-electron chi connectivity index (χ4n) is 2.46. The van der Waals surface area contributed by atoms with Gasteiger partial charge in [0.25, 0.3) is 0 Å². The Morgan fingerprint density at radius 1 is 1.18 bits per heavy atom. The molecule has 2 nitrogen and oxygen atoms in total. The molecule has 1 heterocycles. The largest absolute Gasteiger partial charge is 0.492 e. The van der Waals surface area contributed by atoms with Gasteiger partial charge in [-0.1, -0.05) is 29.6 Å². The van der Waals surface area contributed by atoms with Crippen LogP contribution in [0.15, 0.2) is 12.1 Å². The normalized spacial score (nSPS) is 23.8. The molecule has 1 saturated carbocycles. The highest BCUT2D eigenvalue weighted by molar-refractivity contribution is 6.35. The van der Waals surface area contributed by atoms with E-state index >= 15 is 0 Å². The minimum absolute atomic E-state index is 0.334. The molecule has 1 unspecified atom stereocenters. The van der Waals surface area contributed by atoms with Crippen molar-refractivity contribution in [2.24, 2.45) is 0 Å². The number of nitrogens with one attached hydrogen (secondary N) is 1. The third-order valence-electron chi connectivity index (χ3n) is 3.61. The molecule has 1 fully saturated rings. The maximum Gasteiger partial charge on any atom is 0.142 e. The zero-order valence-electron chi connectivity index (χ0n) is 9.51. The topological polar surface area (TPSA) is 21.3 Å². The van der Waals surface area contributed by atoms with Crippen molar-refractivity contribution >= 4 is 23.2 Å². The highest BCUT2D eigenvalue weighted by Crippen LogP contribution is 2.40. The van der Waals surface area contributed by atoms with Gasteiger partial charge in [-0.25, -0.2) is 0 Å². The van der Waals surface area contributed by atoms with E-state index in [0.717, 1.165) is 24.3 Å². The number of benzene rings is 1. The first-order valence-corrected chi connectivity index (χ1v) is 6.87. The third-order valence-corrected chi connectivity index (χ3v) is 4.11. The molecule has 1 aliphatic heterocycles. The lowest BCUT2D eigenvalue weighted by molar-refractivity contribution is 0.223. The Balaban J connectivity index is 1.89. The van der Waals surface area contributed by atoms with Crippen LogP contribution in [0.4, 0.5) is 0 Å². The van der Waals surface area contributed by atoms with Crippen molar-refractivity contribution in [3.05, 3.63) is 27.7 Å². The van der Waals surface area contributed by atoms with Crippen LogP contribution in [-0.4, -0.2) is 12.6 Å². The van der Waals surface area contributed by atoms with E-state index in [1.807, 2.05) is 6.07 Å². The SMILES string of the molecule is Clc1cc(Cl)c2c(c1)C(NC1CCC1)CCO2. The number of fused-ring (bicyclic) bond motifs is 1.